The number of aromatic hydroxyl groups is 2. The van der Waals surface area contributed by atoms with E-state index in [1.165, 1.54) is 0 Å². The molecule has 5 aromatic rings. The van der Waals surface area contributed by atoms with Crippen LogP contribution in [-0.4, -0.2) is 61.7 Å². The molecule has 1 aliphatic heterocycles. The van der Waals surface area contributed by atoms with Crippen molar-refractivity contribution >= 4 is 12.3 Å². The molecule has 0 bridgehead atoms. The molecule has 0 fully saturated rings. The maximum Gasteiger partial charge on any atom is 0.298 e. The quantitative estimate of drug-likeness (QED) is 0.0596. The number of ether oxygens (including phenoxy) is 7. The molecule has 0 aliphatic carbocycles. The van der Waals surface area contributed by atoms with Gasteiger partial charge >= 0.3 is 0 Å². The number of hydrogen-bond donors (Lipinski definition) is 4. The number of hydrogen-bond acceptors (Lipinski definition) is 13. The van der Waals surface area contributed by atoms with E-state index in [9.17, 15) is 15.0 Å². The minimum Gasteiger partial charge on any atom is -0.508 e. The molecule has 0 saturated carbocycles. The van der Waals surface area contributed by atoms with Gasteiger partial charge in [-0.2, -0.15) is 4.99 Å². The standard InChI is InChI=1S/C40H39N3O10/c44-27-28-3-9-35(10-4-28)51-38-41-39(52-36-19-15-33(16-20-36)49-25-1-23-47-31-11-5-29(45)6-12-31)43-40(42-38)53-37-21-17-34(18-22-37)50-26-2-24-48-32-13-7-30(46)8-14-32/h3-22,27,38-39,41,45-46H,1-2,23-26H2,(H,42,43). The summed E-state index contributed by atoms with van der Waals surface area (Å²) < 4.78 is 41.2. The summed E-state index contributed by atoms with van der Waals surface area (Å²) in [5, 5.41) is 25.0. The van der Waals surface area contributed by atoms with Gasteiger partial charge in [0.2, 0.25) is 6.35 Å². The SMILES string of the molecule is O=Cc1ccc(OC2N=C(Oc3ccc(OCCCOc4ccc(O)cc4)cc3)NC(Oc3ccc(OCCCOc4ccc(O)cc4)cc3)N2)cc1. The summed E-state index contributed by atoms with van der Waals surface area (Å²) in [5.74, 6) is 4.62. The number of aliphatic imine (C=N–C) groups is 1. The molecule has 2 unspecified atom stereocenters. The van der Waals surface area contributed by atoms with Gasteiger partial charge in [-0.3, -0.25) is 10.1 Å². The lowest BCUT2D eigenvalue weighted by Gasteiger charge is -2.30. The van der Waals surface area contributed by atoms with Gasteiger partial charge in [-0.25, -0.2) is 5.32 Å². The third kappa shape index (κ3) is 11.7. The van der Waals surface area contributed by atoms with Crippen LogP contribution in [0.15, 0.2) is 126 Å². The molecule has 1 heterocycles. The third-order valence-corrected chi connectivity index (χ3v) is 7.49. The van der Waals surface area contributed by atoms with Crippen LogP contribution < -0.4 is 43.8 Å². The van der Waals surface area contributed by atoms with Crippen LogP contribution >= 0.6 is 0 Å². The Kier molecular flexibility index (Phi) is 12.7. The van der Waals surface area contributed by atoms with Crippen molar-refractivity contribution in [1.29, 1.82) is 0 Å². The summed E-state index contributed by atoms with van der Waals surface area (Å²) >= 11 is 0. The number of aldehydes is 1. The number of phenols is 2. The van der Waals surface area contributed by atoms with E-state index in [4.69, 9.17) is 33.2 Å². The minimum absolute atomic E-state index is 0.151. The molecular formula is C40H39N3O10. The third-order valence-electron chi connectivity index (χ3n) is 7.49. The molecule has 53 heavy (non-hydrogen) atoms. The van der Waals surface area contributed by atoms with E-state index >= 15 is 0 Å². The molecular weight excluding hydrogens is 682 g/mol. The first-order chi connectivity index (χ1) is 26.0. The Balaban J connectivity index is 0.996. The number of phenolic OH excluding ortho intramolecular Hbond substituents is 2. The molecule has 5 aromatic carbocycles. The summed E-state index contributed by atoms with van der Waals surface area (Å²) in [7, 11) is 0. The first-order valence-corrected chi connectivity index (χ1v) is 16.9. The predicted molar refractivity (Wildman–Crippen MR) is 195 cm³/mol. The molecule has 0 spiro atoms. The van der Waals surface area contributed by atoms with Gasteiger partial charge in [-0.05, 0) is 121 Å². The van der Waals surface area contributed by atoms with Crippen molar-refractivity contribution in [2.24, 2.45) is 4.99 Å². The summed E-state index contributed by atoms with van der Waals surface area (Å²) in [4.78, 5) is 15.6. The maximum atomic E-state index is 11.1. The highest BCUT2D eigenvalue weighted by molar-refractivity contribution is 5.77. The molecule has 0 amide bonds. The Labute approximate surface area is 306 Å². The van der Waals surface area contributed by atoms with Crippen molar-refractivity contribution in [2.45, 2.75) is 25.5 Å². The van der Waals surface area contributed by atoms with Gasteiger partial charge in [-0.1, -0.05) is 0 Å². The van der Waals surface area contributed by atoms with Crippen molar-refractivity contribution in [3.05, 3.63) is 127 Å². The molecule has 0 saturated heterocycles. The number of rotatable bonds is 18. The molecule has 0 aromatic heterocycles. The van der Waals surface area contributed by atoms with Gasteiger partial charge in [0.25, 0.3) is 12.4 Å². The van der Waals surface area contributed by atoms with Crippen molar-refractivity contribution < 1.29 is 48.2 Å². The summed E-state index contributed by atoms with van der Waals surface area (Å²) in [6.45, 7) is 1.85. The second-order valence-corrected chi connectivity index (χ2v) is 11.5. The molecule has 1 aliphatic rings. The van der Waals surface area contributed by atoms with E-state index in [-0.39, 0.29) is 17.5 Å². The first kappa shape index (κ1) is 36.2. The van der Waals surface area contributed by atoms with Crippen LogP contribution in [-0.2, 0) is 0 Å². The molecule has 13 heteroatoms. The number of benzene rings is 5. The van der Waals surface area contributed by atoms with E-state index < -0.39 is 12.7 Å². The number of nitrogens with one attached hydrogen (secondary N) is 2. The van der Waals surface area contributed by atoms with Crippen molar-refractivity contribution in [1.82, 2.24) is 10.6 Å². The maximum absolute atomic E-state index is 11.1. The lowest BCUT2D eigenvalue weighted by molar-refractivity contribution is 0.0508. The van der Waals surface area contributed by atoms with Gasteiger partial charge < -0.3 is 43.4 Å². The van der Waals surface area contributed by atoms with E-state index in [2.05, 4.69) is 15.6 Å². The molecule has 13 nitrogen and oxygen atoms in total. The zero-order chi connectivity index (χ0) is 36.7. The highest BCUT2D eigenvalue weighted by Gasteiger charge is 2.26. The average molecular weight is 722 g/mol. The number of nitrogens with zero attached hydrogens (tertiary/aromatic N) is 1. The average Bonchev–Trinajstić information content (AvgIpc) is 3.17. The molecule has 0 radical (unpaired) electrons. The smallest absolute Gasteiger partial charge is 0.298 e. The Hall–Kier alpha value is -6.60. The number of carbonyl (C=O) groups is 1. The predicted octanol–water partition coefficient (Wildman–Crippen LogP) is 6.26. The minimum atomic E-state index is -0.892. The van der Waals surface area contributed by atoms with Gasteiger partial charge in [0, 0.05) is 18.4 Å². The van der Waals surface area contributed by atoms with Gasteiger partial charge in [0.05, 0.1) is 26.4 Å². The zero-order valence-corrected chi connectivity index (χ0v) is 28.6. The van der Waals surface area contributed by atoms with Crippen molar-refractivity contribution in [2.75, 3.05) is 26.4 Å². The molecule has 274 valence electrons. The monoisotopic (exact) mass is 721 g/mol. The summed E-state index contributed by atoms with van der Waals surface area (Å²) in [5.41, 5.74) is 0.522. The fraction of sp³-hybridized carbons (Fsp3) is 0.200. The van der Waals surface area contributed by atoms with Crippen LogP contribution in [0.25, 0.3) is 0 Å². The van der Waals surface area contributed by atoms with E-state index in [0.717, 1.165) is 6.29 Å². The fourth-order valence-corrected chi connectivity index (χ4v) is 4.83. The lowest BCUT2D eigenvalue weighted by atomic mass is 10.2. The van der Waals surface area contributed by atoms with Crippen LogP contribution in [0.4, 0.5) is 0 Å². The van der Waals surface area contributed by atoms with Crippen LogP contribution in [0.3, 0.4) is 0 Å². The van der Waals surface area contributed by atoms with Crippen molar-refractivity contribution in [3.8, 4) is 51.7 Å². The van der Waals surface area contributed by atoms with Crippen LogP contribution in [0.2, 0.25) is 0 Å². The lowest BCUT2D eigenvalue weighted by Crippen LogP contribution is -2.59. The van der Waals surface area contributed by atoms with E-state index in [1.807, 2.05) is 0 Å². The molecule has 6 rings (SSSR count). The number of carbonyl (C=O) groups excluding carboxylic acids is 1. The second-order valence-electron chi connectivity index (χ2n) is 11.5. The topological polar surface area (TPSA) is 159 Å². The van der Waals surface area contributed by atoms with E-state index in [0.29, 0.717) is 85.1 Å². The summed E-state index contributed by atoms with van der Waals surface area (Å²) in [6, 6.07) is 34.2. The number of amidine groups is 1. The van der Waals surface area contributed by atoms with Gasteiger partial charge in [0.1, 0.15) is 58.0 Å². The Bertz CT molecular complexity index is 1890. The first-order valence-electron chi connectivity index (χ1n) is 16.9. The van der Waals surface area contributed by atoms with Crippen LogP contribution in [0.5, 0.6) is 51.7 Å². The van der Waals surface area contributed by atoms with E-state index in [1.54, 1.807) is 121 Å². The van der Waals surface area contributed by atoms with Crippen molar-refractivity contribution in [3.63, 3.8) is 0 Å². The Morgan fingerprint density at radius 1 is 0.528 bits per heavy atom. The van der Waals surface area contributed by atoms with Gasteiger partial charge in [0.15, 0.2) is 0 Å². The molecule has 4 N–H and O–H groups in total. The Morgan fingerprint density at radius 3 is 1.40 bits per heavy atom. The highest BCUT2D eigenvalue weighted by atomic mass is 16.6. The Morgan fingerprint density at radius 2 is 0.925 bits per heavy atom. The van der Waals surface area contributed by atoms with Crippen LogP contribution in [0, 0.1) is 0 Å². The highest BCUT2D eigenvalue weighted by Crippen LogP contribution is 2.23. The van der Waals surface area contributed by atoms with Gasteiger partial charge in [-0.15, -0.1) is 0 Å². The largest absolute Gasteiger partial charge is 0.508 e. The van der Waals surface area contributed by atoms with Crippen LogP contribution in [0.1, 0.15) is 23.2 Å². The normalized spacial score (nSPS) is 14.9. The second kappa shape index (κ2) is 18.6. The molecule has 2 atom stereocenters. The zero-order valence-electron chi connectivity index (χ0n) is 28.6. The summed E-state index contributed by atoms with van der Waals surface area (Å²) in [6.07, 6.45) is 0.412. The fourth-order valence-electron chi connectivity index (χ4n) is 4.83.